The summed E-state index contributed by atoms with van der Waals surface area (Å²) in [5, 5.41) is 8.84. The molecule has 1 atom stereocenters. The fraction of sp³-hybridized carbons (Fsp3) is 0.333. The van der Waals surface area contributed by atoms with E-state index < -0.39 is 23.9 Å². The van der Waals surface area contributed by atoms with Crippen molar-refractivity contribution in [2.24, 2.45) is 0 Å². The zero-order chi connectivity index (χ0) is 13.7. The highest BCUT2D eigenvalue weighted by molar-refractivity contribution is 5.92. The van der Waals surface area contributed by atoms with Gasteiger partial charge in [0.2, 0.25) is 0 Å². The zero-order valence-corrected chi connectivity index (χ0v) is 9.85. The summed E-state index contributed by atoms with van der Waals surface area (Å²) in [7, 11) is 0. The van der Waals surface area contributed by atoms with Gasteiger partial charge in [0.25, 0.3) is 0 Å². The molecule has 0 aromatic heterocycles. The van der Waals surface area contributed by atoms with Crippen LogP contribution in [-0.4, -0.2) is 23.1 Å². The fourth-order valence-electron chi connectivity index (χ4n) is 1.36. The summed E-state index contributed by atoms with van der Waals surface area (Å²) in [5.74, 6) is -2.68. The van der Waals surface area contributed by atoms with Gasteiger partial charge in [0.15, 0.2) is 6.10 Å². The summed E-state index contributed by atoms with van der Waals surface area (Å²) >= 11 is 0. The first-order valence-corrected chi connectivity index (χ1v) is 5.44. The SMILES string of the molecule is CCCC(OC(=O)c1ccc(F)c(N)c1)C(=O)O. The topological polar surface area (TPSA) is 89.6 Å². The van der Waals surface area contributed by atoms with E-state index in [1.54, 1.807) is 6.92 Å². The molecule has 0 saturated carbocycles. The number of esters is 1. The molecule has 0 aliphatic rings. The third-order valence-corrected chi connectivity index (χ3v) is 2.31. The molecule has 98 valence electrons. The van der Waals surface area contributed by atoms with Gasteiger partial charge < -0.3 is 15.6 Å². The first kappa shape index (κ1) is 14.0. The van der Waals surface area contributed by atoms with Gasteiger partial charge in [-0.15, -0.1) is 0 Å². The summed E-state index contributed by atoms with van der Waals surface area (Å²) in [6, 6.07) is 3.34. The Kier molecular flexibility index (Phi) is 4.65. The molecule has 0 radical (unpaired) electrons. The first-order valence-electron chi connectivity index (χ1n) is 5.44. The second kappa shape index (κ2) is 6.00. The number of carboxylic acid groups (broad SMARTS) is 1. The van der Waals surface area contributed by atoms with Crippen molar-refractivity contribution in [1.29, 1.82) is 0 Å². The minimum atomic E-state index is -1.21. The van der Waals surface area contributed by atoms with Crippen LogP contribution in [0.25, 0.3) is 0 Å². The lowest BCUT2D eigenvalue weighted by molar-refractivity contribution is -0.147. The summed E-state index contributed by atoms with van der Waals surface area (Å²) in [4.78, 5) is 22.4. The molecule has 0 saturated heterocycles. The third-order valence-electron chi connectivity index (χ3n) is 2.31. The van der Waals surface area contributed by atoms with E-state index in [4.69, 9.17) is 15.6 Å². The smallest absolute Gasteiger partial charge is 0.345 e. The van der Waals surface area contributed by atoms with Crippen LogP contribution < -0.4 is 5.73 Å². The Hall–Kier alpha value is -2.11. The van der Waals surface area contributed by atoms with E-state index in [0.717, 1.165) is 12.1 Å². The minimum absolute atomic E-state index is 0.0243. The van der Waals surface area contributed by atoms with Gasteiger partial charge in [0.1, 0.15) is 5.82 Å². The van der Waals surface area contributed by atoms with Gasteiger partial charge in [0, 0.05) is 0 Å². The van der Waals surface area contributed by atoms with Gasteiger partial charge in [-0.2, -0.15) is 0 Å². The number of hydrogen-bond donors (Lipinski definition) is 2. The van der Waals surface area contributed by atoms with Crippen LogP contribution in [0.2, 0.25) is 0 Å². The number of nitrogens with two attached hydrogens (primary N) is 1. The number of nitrogen functional groups attached to an aromatic ring is 1. The monoisotopic (exact) mass is 255 g/mol. The normalized spacial score (nSPS) is 11.9. The maximum atomic E-state index is 12.9. The molecule has 1 rings (SSSR count). The van der Waals surface area contributed by atoms with E-state index in [9.17, 15) is 14.0 Å². The van der Waals surface area contributed by atoms with Crippen molar-refractivity contribution in [3.63, 3.8) is 0 Å². The third kappa shape index (κ3) is 3.44. The quantitative estimate of drug-likeness (QED) is 0.618. The van der Waals surface area contributed by atoms with E-state index in [1.165, 1.54) is 6.07 Å². The Labute approximate surface area is 103 Å². The predicted octanol–water partition coefficient (Wildman–Crippen LogP) is 1.82. The van der Waals surface area contributed by atoms with Crippen molar-refractivity contribution in [2.45, 2.75) is 25.9 Å². The number of carbonyl (C=O) groups excluding carboxylic acids is 1. The molecule has 0 aliphatic heterocycles. The van der Waals surface area contributed by atoms with E-state index in [1.807, 2.05) is 0 Å². The highest BCUT2D eigenvalue weighted by atomic mass is 19.1. The van der Waals surface area contributed by atoms with Crippen molar-refractivity contribution in [2.75, 3.05) is 5.73 Å². The fourth-order valence-corrected chi connectivity index (χ4v) is 1.36. The minimum Gasteiger partial charge on any atom is -0.479 e. The van der Waals surface area contributed by atoms with E-state index >= 15 is 0 Å². The molecule has 0 amide bonds. The van der Waals surface area contributed by atoms with E-state index in [0.29, 0.717) is 6.42 Å². The lowest BCUT2D eigenvalue weighted by Gasteiger charge is -2.12. The standard InChI is InChI=1S/C12H14FNO4/c1-2-3-10(11(15)16)18-12(17)7-4-5-8(13)9(14)6-7/h4-6,10H,2-3,14H2,1H3,(H,15,16). The first-order chi connectivity index (χ1) is 8.45. The number of ether oxygens (including phenoxy) is 1. The maximum absolute atomic E-state index is 12.9. The van der Waals surface area contributed by atoms with Crippen molar-refractivity contribution in [1.82, 2.24) is 0 Å². The number of halogens is 1. The van der Waals surface area contributed by atoms with Crippen molar-refractivity contribution >= 4 is 17.6 Å². The van der Waals surface area contributed by atoms with Crippen LogP contribution in [0.4, 0.5) is 10.1 Å². The average Bonchev–Trinajstić information content (AvgIpc) is 2.31. The number of anilines is 1. The largest absolute Gasteiger partial charge is 0.479 e. The van der Waals surface area contributed by atoms with Crippen molar-refractivity contribution in [3.8, 4) is 0 Å². The Morgan fingerprint density at radius 2 is 2.17 bits per heavy atom. The van der Waals surface area contributed by atoms with Crippen LogP contribution in [0.5, 0.6) is 0 Å². The van der Waals surface area contributed by atoms with Crippen LogP contribution in [-0.2, 0) is 9.53 Å². The Bertz CT molecular complexity index is 461. The van der Waals surface area contributed by atoms with Gasteiger partial charge in [-0.25, -0.2) is 14.0 Å². The van der Waals surface area contributed by atoms with E-state index in [2.05, 4.69) is 0 Å². The van der Waals surface area contributed by atoms with Gasteiger partial charge in [0.05, 0.1) is 11.3 Å². The molecule has 1 aromatic rings. The molecule has 0 heterocycles. The second-order valence-electron chi connectivity index (χ2n) is 3.76. The molecule has 0 fully saturated rings. The Morgan fingerprint density at radius 1 is 1.50 bits per heavy atom. The number of rotatable bonds is 5. The number of carbonyl (C=O) groups is 2. The van der Waals surface area contributed by atoms with Crippen LogP contribution in [0, 0.1) is 5.82 Å². The summed E-state index contributed by atoms with van der Waals surface area (Å²) in [6.45, 7) is 1.78. The van der Waals surface area contributed by atoms with Crippen LogP contribution in [0.15, 0.2) is 18.2 Å². The molecular weight excluding hydrogens is 241 g/mol. The highest BCUT2D eigenvalue weighted by Crippen LogP contribution is 2.14. The highest BCUT2D eigenvalue weighted by Gasteiger charge is 2.22. The van der Waals surface area contributed by atoms with Crippen LogP contribution >= 0.6 is 0 Å². The van der Waals surface area contributed by atoms with Crippen LogP contribution in [0.1, 0.15) is 30.1 Å². The Balaban J connectivity index is 2.80. The molecule has 0 spiro atoms. The zero-order valence-electron chi connectivity index (χ0n) is 9.85. The molecular formula is C12H14FNO4. The van der Waals surface area contributed by atoms with Gasteiger partial charge in [-0.1, -0.05) is 13.3 Å². The molecule has 18 heavy (non-hydrogen) atoms. The number of hydrogen-bond acceptors (Lipinski definition) is 4. The van der Waals surface area contributed by atoms with Gasteiger partial charge in [-0.05, 0) is 24.6 Å². The molecule has 1 aromatic carbocycles. The number of aliphatic carboxylic acids is 1. The molecule has 0 aliphatic carbocycles. The number of benzene rings is 1. The van der Waals surface area contributed by atoms with Gasteiger partial charge >= 0.3 is 11.9 Å². The average molecular weight is 255 g/mol. The Morgan fingerprint density at radius 3 is 2.67 bits per heavy atom. The molecule has 1 unspecified atom stereocenters. The summed E-state index contributed by atoms with van der Waals surface area (Å²) < 4.78 is 17.7. The summed E-state index contributed by atoms with van der Waals surface area (Å²) in [6.07, 6.45) is -0.415. The van der Waals surface area contributed by atoms with Gasteiger partial charge in [-0.3, -0.25) is 0 Å². The van der Waals surface area contributed by atoms with Crippen molar-refractivity contribution in [3.05, 3.63) is 29.6 Å². The van der Waals surface area contributed by atoms with E-state index in [-0.39, 0.29) is 17.7 Å². The van der Waals surface area contributed by atoms with Crippen LogP contribution in [0.3, 0.4) is 0 Å². The predicted molar refractivity (Wildman–Crippen MR) is 62.6 cm³/mol. The lowest BCUT2D eigenvalue weighted by Crippen LogP contribution is -2.26. The maximum Gasteiger partial charge on any atom is 0.345 e. The second-order valence-corrected chi connectivity index (χ2v) is 3.76. The molecule has 3 N–H and O–H groups in total. The number of carboxylic acids is 1. The molecule has 6 heteroatoms. The summed E-state index contributed by atoms with van der Waals surface area (Å²) in [5.41, 5.74) is 5.14. The molecule has 5 nitrogen and oxygen atoms in total. The van der Waals surface area contributed by atoms with Crippen molar-refractivity contribution < 1.29 is 23.8 Å². The lowest BCUT2D eigenvalue weighted by atomic mass is 10.2. The molecule has 0 bridgehead atoms.